The lowest BCUT2D eigenvalue weighted by Gasteiger charge is -2.20. The standard InChI is InChI=1S/C16H22N2O/c1-10-3-4-12-5-8-15(14(12)9-10)17-11(2)16(19)18-13-6-7-13/h3-4,9,11,13,15,17H,5-8H2,1-2H3,(H,18,19). The predicted molar refractivity (Wildman–Crippen MR) is 76.0 cm³/mol. The van der Waals surface area contributed by atoms with Gasteiger partial charge in [0.15, 0.2) is 0 Å². The van der Waals surface area contributed by atoms with Crippen LogP contribution in [0.3, 0.4) is 0 Å². The Morgan fingerprint density at radius 3 is 2.84 bits per heavy atom. The summed E-state index contributed by atoms with van der Waals surface area (Å²) in [7, 11) is 0. The van der Waals surface area contributed by atoms with Crippen molar-refractivity contribution in [3.63, 3.8) is 0 Å². The topological polar surface area (TPSA) is 41.1 Å². The van der Waals surface area contributed by atoms with Crippen molar-refractivity contribution in [2.45, 2.75) is 57.7 Å². The summed E-state index contributed by atoms with van der Waals surface area (Å²) in [6.07, 6.45) is 4.50. The number of hydrogen-bond donors (Lipinski definition) is 2. The number of carbonyl (C=O) groups excluding carboxylic acids is 1. The lowest BCUT2D eigenvalue weighted by molar-refractivity contribution is -0.123. The summed E-state index contributed by atoms with van der Waals surface area (Å²) in [5.74, 6) is 0.142. The van der Waals surface area contributed by atoms with E-state index in [0.29, 0.717) is 12.1 Å². The quantitative estimate of drug-likeness (QED) is 0.869. The van der Waals surface area contributed by atoms with Gasteiger partial charge in [-0.3, -0.25) is 10.1 Å². The second kappa shape index (κ2) is 4.97. The average molecular weight is 258 g/mol. The molecule has 0 radical (unpaired) electrons. The molecule has 2 N–H and O–H groups in total. The highest BCUT2D eigenvalue weighted by Crippen LogP contribution is 2.32. The molecule has 2 atom stereocenters. The molecule has 0 aliphatic heterocycles. The highest BCUT2D eigenvalue weighted by molar-refractivity contribution is 5.81. The van der Waals surface area contributed by atoms with Gasteiger partial charge in [0.1, 0.15) is 0 Å². The maximum absolute atomic E-state index is 12.0. The minimum absolute atomic E-state index is 0.114. The van der Waals surface area contributed by atoms with E-state index in [1.807, 2.05) is 6.92 Å². The Balaban J connectivity index is 1.64. The second-order valence-corrected chi connectivity index (χ2v) is 5.96. The molecule has 2 aliphatic rings. The number of benzene rings is 1. The zero-order valence-electron chi connectivity index (χ0n) is 11.7. The van der Waals surface area contributed by atoms with Gasteiger partial charge in [-0.15, -0.1) is 0 Å². The lowest BCUT2D eigenvalue weighted by atomic mass is 10.0. The van der Waals surface area contributed by atoms with Crippen LogP contribution in [0.1, 0.15) is 48.9 Å². The fourth-order valence-corrected chi connectivity index (χ4v) is 2.83. The Labute approximate surface area is 114 Å². The van der Waals surface area contributed by atoms with E-state index in [4.69, 9.17) is 0 Å². The molecule has 1 aromatic rings. The summed E-state index contributed by atoms with van der Waals surface area (Å²) in [5, 5.41) is 6.54. The van der Waals surface area contributed by atoms with E-state index in [2.05, 4.69) is 35.8 Å². The summed E-state index contributed by atoms with van der Waals surface area (Å²) in [4.78, 5) is 12.0. The fourth-order valence-electron chi connectivity index (χ4n) is 2.83. The van der Waals surface area contributed by atoms with Crippen molar-refractivity contribution in [3.05, 3.63) is 34.9 Å². The van der Waals surface area contributed by atoms with Gasteiger partial charge in [0.2, 0.25) is 5.91 Å². The Kier molecular flexibility index (Phi) is 3.31. The van der Waals surface area contributed by atoms with Crippen LogP contribution in [-0.4, -0.2) is 18.0 Å². The predicted octanol–water partition coefficient (Wildman–Crippen LogP) is 2.24. The van der Waals surface area contributed by atoms with Crippen LogP contribution in [0.5, 0.6) is 0 Å². The SMILES string of the molecule is Cc1ccc2c(c1)C(NC(C)C(=O)NC1CC1)CC2. The third kappa shape index (κ3) is 2.81. The van der Waals surface area contributed by atoms with Crippen molar-refractivity contribution in [1.29, 1.82) is 0 Å². The lowest BCUT2D eigenvalue weighted by Crippen LogP contribution is -2.44. The third-order valence-corrected chi connectivity index (χ3v) is 4.15. The number of amides is 1. The van der Waals surface area contributed by atoms with E-state index in [1.54, 1.807) is 0 Å². The molecular formula is C16H22N2O. The molecule has 1 amide bonds. The average Bonchev–Trinajstić information content (AvgIpc) is 3.11. The van der Waals surface area contributed by atoms with Crippen molar-refractivity contribution < 1.29 is 4.79 Å². The minimum atomic E-state index is -0.114. The Bertz CT molecular complexity index is 494. The summed E-state index contributed by atoms with van der Waals surface area (Å²) in [6.45, 7) is 4.09. The summed E-state index contributed by atoms with van der Waals surface area (Å²) in [5.41, 5.74) is 4.10. The molecule has 102 valence electrons. The number of nitrogens with one attached hydrogen (secondary N) is 2. The molecule has 3 nitrogen and oxygen atoms in total. The van der Waals surface area contributed by atoms with E-state index < -0.39 is 0 Å². The van der Waals surface area contributed by atoms with Crippen LogP contribution in [0.4, 0.5) is 0 Å². The first-order valence-corrected chi connectivity index (χ1v) is 7.29. The van der Waals surface area contributed by atoms with Crippen LogP contribution in [0, 0.1) is 6.92 Å². The zero-order chi connectivity index (χ0) is 13.4. The third-order valence-electron chi connectivity index (χ3n) is 4.15. The van der Waals surface area contributed by atoms with Gasteiger partial charge in [0, 0.05) is 12.1 Å². The van der Waals surface area contributed by atoms with E-state index in [9.17, 15) is 4.79 Å². The van der Waals surface area contributed by atoms with Gasteiger partial charge >= 0.3 is 0 Å². The van der Waals surface area contributed by atoms with Crippen LogP contribution < -0.4 is 10.6 Å². The maximum Gasteiger partial charge on any atom is 0.237 e. The number of aryl methyl sites for hydroxylation is 2. The Hall–Kier alpha value is -1.35. The van der Waals surface area contributed by atoms with Crippen LogP contribution in [0.2, 0.25) is 0 Å². The van der Waals surface area contributed by atoms with Crippen LogP contribution >= 0.6 is 0 Å². The summed E-state index contributed by atoms with van der Waals surface area (Å²) in [6, 6.07) is 7.30. The molecule has 0 spiro atoms. The van der Waals surface area contributed by atoms with Crippen molar-refractivity contribution >= 4 is 5.91 Å². The molecule has 1 aromatic carbocycles. The highest BCUT2D eigenvalue weighted by atomic mass is 16.2. The molecule has 19 heavy (non-hydrogen) atoms. The van der Waals surface area contributed by atoms with Gasteiger partial charge in [-0.1, -0.05) is 23.8 Å². The zero-order valence-corrected chi connectivity index (χ0v) is 11.7. The van der Waals surface area contributed by atoms with Gasteiger partial charge in [-0.05, 0) is 50.7 Å². The number of rotatable bonds is 4. The van der Waals surface area contributed by atoms with E-state index in [-0.39, 0.29) is 11.9 Å². The molecule has 0 heterocycles. The molecule has 1 saturated carbocycles. The number of fused-ring (bicyclic) bond motifs is 1. The van der Waals surface area contributed by atoms with Crippen LogP contribution in [0.25, 0.3) is 0 Å². The molecule has 3 heteroatoms. The first kappa shape index (κ1) is 12.7. The maximum atomic E-state index is 12.0. The molecule has 2 aliphatic carbocycles. The van der Waals surface area contributed by atoms with Gasteiger partial charge in [0.25, 0.3) is 0 Å². The number of hydrogen-bond acceptors (Lipinski definition) is 2. The first-order chi connectivity index (χ1) is 9.13. The number of carbonyl (C=O) groups is 1. The van der Waals surface area contributed by atoms with Crippen LogP contribution in [0.15, 0.2) is 18.2 Å². The highest BCUT2D eigenvalue weighted by Gasteiger charge is 2.28. The van der Waals surface area contributed by atoms with Gasteiger partial charge in [0.05, 0.1) is 6.04 Å². The molecule has 0 aromatic heterocycles. The molecule has 0 saturated heterocycles. The Morgan fingerprint density at radius 2 is 2.11 bits per heavy atom. The largest absolute Gasteiger partial charge is 0.352 e. The molecule has 0 bridgehead atoms. The normalized spacial score (nSPS) is 22.9. The summed E-state index contributed by atoms with van der Waals surface area (Å²) < 4.78 is 0. The van der Waals surface area contributed by atoms with Crippen molar-refractivity contribution in [2.75, 3.05) is 0 Å². The van der Waals surface area contributed by atoms with Crippen molar-refractivity contribution in [1.82, 2.24) is 10.6 Å². The van der Waals surface area contributed by atoms with Gasteiger partial charge < -0.3 is 5.32 Å². The molecule has 2 unspecified atom stereocenters. The summed E-state index contributed by atoms with van der Waals surface area (Å²) >= 11 is 0. The molecule has 1 fully saturated rings. The van der Waals surface area contributed by atoms with E-state index in [0.717, 1.165) is 25.7 Å². The minimum Gasteiger partial charge on any atom is -0.352 e. The molecular weight excluding hydrogens is 236 g/mol. The van der Waals surface area contributed by atoms with E-state index in [1.165, 1.54) is 16.7 Å². The fraction of sp³-hybridized carbons (Fsp3) is 0.562. The van der Waals surface area contributed by atoms with Gasteiger partial charge in [-0.25, -0.2) is 0 Å². The second-order valence-electron chi connectivity index (χ2n) is 5.96. The van der Waals surface area contributed by atoms with Crippen molar-refractivity contribution in [3.8, 4) is 0 Å². The molecule has 3 rings (SSSR count). The van der Waals surface area contributed by atoms with Crippen molar-refractivity contribution in [2.24, 2.45) is 0 Å². The monoisotopic (exact) mass is 258 g/mol. The Morgan fingerprint density at radius 1 is 1.32 bits per heavy atom. The van der Waals surface area contributed by atoms with Crippen LogP contribution in [-0.2, 0) is 11.2 Å². The first-order valence-electron chi connectivity index (χ1n) is 7.29. The smallest absolute Gasteiger partial charge is 0.237 e. The van der Waals surface area contributed by atoms with E-state index >= 15 is 0 Å². The van der Waals surface area contributed by atoms with Gasteiger partial charge in [-0.2, -0.15) is 0 Å².